The molecule has 0 heterocycles. The van der Waals surface area contributed by atoms with E-state index in [-0.39, 0.29) is 16.2 Å². The normalized spacial score (nSPS) is 17.4. The molecule has 0 amide bonds. The highest BCUT2D eigenvalue weighted by Crippen LogP contribution is 2.39. The van der Waals surface area contributed by atoms with Crippen molar-refractivity contribution >= 4 is 34.6 Å². The van der Waals surface area contributed by atoms with Crippen LogP contribution in [-0.4, -0.2) is 17.0 Å². The molecule has 0 radical (unpaired) electrons. The van der Waals surface area contributed by atoms with Gasteiger partial charge >= 0.3 is 0 Å². The molecule has 1 fully saturated rings. The zero-order valence-electron chi connectivity index (χ0n) is 10.3. The number of benzene rings is 1. The Labute approximate surface area is 121 Å². The van der Waals surface area contributed by atoms with Crippen LogP contribution in [0.15, 0.2) is 12.1 Å². The third kappa shape index (κ3) is 2.94. The van der Waals surface area contributed by atoms with Crippen molar-refractivity contribution in [2.24, 2.45) is 5.73 Å². The molecule has 0 bridgehead atoms. The van der Waals surface area contributed by atoms with Crippen molar-refractivity contribution in [1.29, 1.82) is 0 Å². The number of nitrogens with zero attached hydrogens (tertiary/aromatic N) is 1. The fourth-order valence-corrected chi connectivity index (χ4v) is 2.83. The van der Waals surface area contributed by atoms with Gasteiger partial charge in [0.1, 0.15) is 5.69 Å². The van der Waals surface area contributed by atoms with Crippen molar-refractivity contribution in [3.8, 4) is 0 Å². The van der Waals surface area contributed by atoms with E-state index < -0.39 is 4.92 Å². The quantitative estimate of drug-likeness (QED) is 0.658. The molecule has 1 aliphatic carbocycles. The predicted octanol–water partition coefficient (Wildman–Crippen LogP) is 3.59. The molecule has 0 unspecified atom stereocenters. The van der Waals surface area contributed by atoms with Crippen LogP contribution in [0, 0.1) is 10.1 Å². The Kier molecular flexibility index (Phi) is 4.18. The van der Waals surface area contributed by atoms with Gasteiger partial charge in [-0.2, -0.15) is 0 Å². The van der Waals surface area contributed by atoms with Gasteiger partial charge in [-0.05, 0) is 18.9 Å². The zero-order valence-corrected chi connectivity index (χ0v) is 11.8. The number of anilines is 1. The van der Waals surface area contributed by atoms with E-state index in [1.807, 2.05) is 0 Å². The summed E-state index contributed by atoms with van der Waals surface area (Å²) in [7, 11) is 0. The van der Waals surface area contributed by atoms with Gasteiger partial charge in [0.2, 0.25) is 0 Å². The topological polar surface area (TPSA) is 81.2 Å². The van der Waals surface area contributed by atoms with E-state index in [2.05, 4.69) is 5.32 Å². The van der Waals surface area contributed by atoms with E-state index in [1.54, 1.807) is 0 Å². The highest BCUT2D eigenvalue weighted by atomic mass is 35.5. The standard InChI is InChI=1S/C12H15Cl2N3O2/c13-8-5-10(11(17(18)19)6-9(8)14)16-12(7-15)3-1-2-4-12/h5-6,16H,1-4,7,15H2. The minimum atomic E-state index is -0.469. The third-order valence-electron chi connectivity index (χ3n) is 3.59. The maximum absolute atomic E-state index is 11.1. The van der Waals surface area contributed by atoms with Gasteiger partial charge in [0.05, 0.1) is 15.0 Å². The minimum absolute atomic E-state index is 0.0749. The summed E-state index contributed by atoms with van der Waals surface area (Å²) < 4.78 is 0. The largest absolute Gasteiger partial charge is 0.373 e. The Hall–Kier alpha value is -1.04. The van der Waals surface area contributed by atoms with Crippen molar-refractivity contribution in [2.75, 3.05) is 11.9 Å². The van der Waals surface area contributed by atoms with Crippen LogP contribution in [0.1, 0.15) is 25.7 Å². The van der Waals surface area contributed by atoms with E-state index in [1.165, 1.54) is 12.1 Å². The highest BCUT2D eigenvalue weighted by molar-refractivity contribution is 6.42. The summed E-state index contributed by atoms with van der Waals surface area (Å²) in [5.41, 5.74) is 5.85. The van der Waals surface area contributed by atoms with Crippen LogP contribution in [0.2, 0.25) is 10.0 Å². The van der Waals surface area contributed by atoms with Crippen molar-refractivity contribution in [2.45, 2.75) is 31.2 Å². The molecule has 0 aromatic heterocycles. The van der Waals surface area contributed by atoms with Crippen LogP contribution in [0.25, 0.3) is 0 Å². The Morgan fingerprint density at radius 1 is 1.32 bits per heavy atom. The number of nitrogens with one attached hydrogen (secondary N) is 1. The summed E-state index contributed by atoms with van der Waals surface area (Å²) in [6.07, 6.45) is 3.94. The summed E-state index contributed by atoms with van der Waals surface area (Å²) in [6, 6.07) is 2.77. The summed E-state index contributed by atoms with van der Waals surface area (Å²) in [4.78, 5) is 10.6. The van der Waals surface area contributed by atoms with Gasteiger partial charge in [-0.25, -0.2) is 0 Å². The van der Waals surface area contributed by atoms with Gasteiger partial charge in [-0.15, -0.1) is 0 Å². The van der Waals surface area contributed by atoms with Gasteiger partial charge in [-0.3, -0.25) is 10.1 Å². The predicted molar refractivity (Wildman–Crippen MR) is 77.0 cm³/mol. The van der Waals surface area contributed by atoms with Gasteiger partial charge in [0, 0.05) is 18.2 Å². The van der Waals surface area contributed by atoms with E-state index >= 15 is 0 Å². The van der Waals surface area contributed by atoms with E-state index in [4.69, 9.17) is 28.9 Å². The Balaban J connectivity index is 2.38. The van der Waals surface area contributed by atoms with E-state index in [0.29, 0.717) is 17.3 Å². The van der Waals surface area contributed by atoms with Crippen LogP contribution in [0.3, 0.4) is 0 Å². The number of nitrogens with two attached hydrogens (primary N) is 1. The van der Waals surface area contributed by atoms with Crippen LogP contribution >= 0.6 is 23.2 Å². The Morgan fingerprint density at radius 2 is 1.89 bits per heavy atom. The zero-order chi connectivity index (χ0) is 14.0. The third-order valence-corrected chi connectivity index (χ3v) is 4.31. The number of hydrogen-bond acceptors (Lipinski definition) is 4. The lowest BCUT2D eigenvalue weighted by atomic mass is 9.97. The lowest BCUT2D eigenvalue weighted by Crippen LogP contribution is -2.42. The average molecular weight is 304 g/mol. The van der Waals surface area contributed by atoms with Gasteiger partial charge in [-0.1, -0.05) is 36.0 Å². The molecule has 2 rings (SSSR count). The first-order chi connectivity index (χ1) is 8.97. The molecule has 0 spiro atoms. The summed E-state index contributed by atoms with van der Waals surface area (Å²) in [5, 5.41) is 14.8. The fraction of sp³-hybridized carbons (Fsp3) is 0.500. The SMILES string of the molecule is NCC1(Nc2cc(Cl)c(Cl)cc2[N+](=O)[O-])CCCC1. The molecule has 19 heavy (non-hydrogen) atoms. The van der Waals surface area contributed by atoms with Crippen LogP contribution in [0.4, 0.5) is 11.4 Å². The molecule has 0 aliphatic heterocycles. The first kappa shape index (κ1) is 14.4. The lowest BCUT2D eigenvalue weighted by molar-refractivity contribution is -0.384. The van der Waals surface area contributed by atoms with Gasteiger partial charge < -0.3 is 11.1 Å². The van der Waals surface area contributed by atoms with Crippen LogP contribution < -0.4 is 11.1 Å². The Bertz CT molecular complexity index is 502. The number of rotatable bonds is 4. The molecule has 104 valence electrons. The second-order valence-electron chi connectivity index (χ2n) is 4.86. The molecule has 0 atom stereocenters. The van der Waals surface area contributed by atoms with Crippen molar-refractivity contribution < 1.29 is 4.92 Å². The smallest absolute Gasteiger partial charge is 0.293 e. The Morgan fingerprint density at radius 3 is 2.42 bits per heavy atom. The summed E-state index contributed by atoms with van der Waals surface area (Å²) in [5.74, 6) is 0. The van der Waals surface area contributed by atoms with Crippen molar-refractivity contribution in [3.05, 3.63) is 32.3 Å². The fourth-order valence-electron chi connectivity index (χ4n) is 2.51. The number of nitro benzene ring substituents is 1. The molecule has 3 N–H and O–H groups in total. The van der Waals surface area contributed by atoms with Crippen molar-refractivity contribution in [1.82, 2.24) is 0 Å². The number of halogens is 2. The maximum atomic E-state index is 11.1. The summed E-state index contributed by atoms with van der Waals surface area (Å²) >= 11 is 11.8. The second kappa shape index (κ2) is 5.53. The monoisotopic (exact) mass is 303 g/mol. The highest BCUT2D eigenvalue weighted by Gasteiger charge is 2.34. The molecule has 1 aliphatic rings. The first-order valence-corrected chi connectivity index (χ1v) is 6.85. The average Bonchev–Trinajstić information content (AvgIpc) is 2.82. The molecule has 1 aromatic rings. The molecular formula is C12H15Cl2N3O2. The van der Waals surface area contributed by atoms with Crippen molar-refractivity contribution in [3.63, 3.8) is 0 Å². The second-order valence-corrected chi connectivity index (χ2v) is 5.67. The van der Waals surface area contributed by atoms with Crippen LogP contribution in [-0.2, 0) is 0 Å². The van der Waals surface area contributed by atoms with Gasteiger partial charge in [0.15, 0.2) is 0 Å². The maximum Gasteiger partial charge on any atom is 0.293 e. The van der Waals surface area contributed by atoms with E-state index in [9.17, 15) is 10.1 Å². The molecule has 0 saturated heterocycles. The first-order valence-electron chi connectivity index (χ1n) is 6.09. The molecule has 7 heteroatoms. The van der Waals surface area contributed by atoms with Crippen LogP contribution in [0.5, 0.6) is 0 Å². The summed E-state index contributed by atoms with van der Waals surface area (Å²) in [6.45, 7) is 0.435. The molecular weight excluding hydrogens is 289 g/mol. The molecule has 1 aromatic carbocycles. The van der Waals surface area contributed by atoms with Gasteiger partial charge in [0.25, 0.3) is 5.69 Å². The van der Waals surface area contributed by atoms with E-state index in [0.717, 1.165) is 25.7 Å². The molecule has 5 nitrogen and oxygen atoms in total. The molecule has 1 saturated carbocycles. The minimum Gasteiger partial charge on any atom is -0.373 e. The lowest BCUT2D eigenvalue weighted by Gasteiger charge is -2.29. The number of nitro groups is 1. The number of hydrogen-bond donors (Lipinski definition) is 2.